The second kappa shape index (κ2) is 11.5. The van der Waals surface area contributed by atoms with Crippen molar-refractivity contribution in [2.45, 2.75) is 6.42 Å². The molecule has 0 aliphatic rings. The lowest BCUT2D eigenvalue weighted by Crippen LogP contribution is -2.37. The number of benzene rings is 2. The standard InChI is InChI=1S/C20H26N4O3/c1-21-20(22-15-19(25)23-16-8-4-3-5-9-16)24-17-10-6-11-18(14-17)27-13-7-12-26-2/h3-6,8-11,14H,7,12-13,15H2,1-2H3,(H,23,25)(H2,21,22,24). The quantitative estimate of drug-likeness (QED) is 0.359. The van der Waals surface area contributed by atoms with Crippen molar-refractivity contribution in [2.24, 2.45) is 4.99 Å². The van der Waals surface area contributed by atoms with Gasteiger partial charge in [0.15, 0.2) is 5.96 Å². The molecule has 27 heavy (non-hydrogen) atoms. The molecule has 7 heteroatoms. The van der Waals surface area contributed by atoms with E-state index >= 15 is 0 Å². The highest BCUT2D eigenvalue weighted by molar-refractivity contribution is 5.98. The number of aliphatic imine (C=N–C) groups is 1. The minimum Gasteiger partial charge on any atom is -0.493 e. The third kappa shape index (κ3) is 7.79. The summed E-state index contributed by atoms with van der Waals surface area (Å²) < 4.78 is 10.7. The minimum atomic E-state index is -0.153. The van der Waals surface area contributed by atoms with Crippen molar-refractivity contribution in [3.63, 3.8) is 0 Å². The number of anilines is 2. The van der Waals surface area contributed by atoms with Crippen molar-refractivity contribution in [3.8, 4) is 5.75 Å². The van der Waals surface area contributed by atoms with E-state index < -0.39 is 0 Å². The fourth-order valence-electron chi connectivity index (χ4n) is 2.26. The van der Waals surface area contributed by atoms with Gasteiger partial charge in [-0.05, 0) is 24.3 Å². The van der Waals surface area contributed by atoms with E-state index in [1.807, 2.05) is 54.6 Å². The van der Waals surface area contributed by atoms with Gasteiger partial charge in [-0.25, -0.2) is 0 Å². The van der Waals surface area contributed by atoms with Gasteiger partial charge < -0.3 is 25.4 Å². The summed E-state index contributed by atoms with van der Waals surface area (Å²) in [6.45, 7) is 1.35. The molecule has 3 N–H and O–H groups in total. The summed E-state index contributed by atoms with van der Waals surface area (Å²) in [5.74, 6) is 1.10. The zero-order chi connectivity index (χ0) is 19.3. The molecule has 7 nitrogen and oxygen atoms in total. The largest absolute Gasteiger partial charge is 0.493 e. The number of hydrogen-bond donors (Lipinski definition) is 3. The molecule has 0 bridgehead atoms. The lowest BCUT2D eigenvalue weighted by atomic mass is 10.3. The van der Waals surface area contributed by atoms with Gasteiger partial charge in [0.05, 0.1) is 13.2 Å². The number of para-hydroxylation sites is 1. The molecule has 0 radical (unpaired) electrons. The summed E-state index contributed by atoms with van der Waals surface area (Å²) in [6, 6.07) is 16.9. The van der Waals surface area contributed by atoms with Crippen LogP contribution in [0.1, 0.15) is 6.42 Å². The smallest absolute Gasteiger partial charge is 0.243 e. The average Bonchev–Trinajstić information content (AvgIpc) is 2.69. The average molecular weight is 370 g/mol. The van der Waals surface area contributed by atoms with Crippen molar-refractivity contribution in [3.05, 3.63) is 54.6 Å². The summed E-state index contributed by atoms with van der Waals surface area (Å²) in [6.07, 6.45) is 0.827. The van der Waals surface area contributed by atoms with Gasteiger partial charge in [-0.3, -0.25) is 9.79 Å². The highest BCUT2D eigenvalue weighted by Gasteiger charge is 2.05. The number of amides is 1. The summed E-state index contributed by atoms with van der Waals surface area (Å²) >= 11 is 0. The highest BCUT2D eigenvalue weighted by atomic mass is 16.5. The van der Waals surface area contributed by atoms with Crippen LogP contribution < -0.4 is 20.7 Å². The Balaban J connectivity index is 1.81. The van der Waals surface area contributed by atoms with Crippen LogP contribution in [0.3, 0.4) is 0 Å². The summed E-state index contributed by atoms with van der Waals surface area (Å²) in [5, 5.41) is 8.94. The molecule has 0 fully saturated rings. The zero-order valence-electron chi connectivity index (χ0n) is 15.7. The number of rotatable bonds is 9. The Bertz CT molecular complexity index is 735. The second-order valence-electron chi connectivity index (χ2n) is 5.69. The Hall–Kier alpha value is -3.06. The lowest BCUT2D eigenvalue weighted by molar-refractivity contribution is -0.115. The van der Waals surface area contributed by atoms with Crippen molar-refractivity contribution in [1.82, 2.24) is 5.32 Å². The molecule has 0 atom stereocenters. The van der Waals surface area contributed by atoms with E-state index in [1.165, 1.54) is 0 Å². The van der Waals surface area contributed by atoms with E-state index in [-0.39, 0.29) is 12.5 Å². The van der Waals surface area contributed by atoms with E-state index in [1.54, 1.807) is 14.2 Å². The van der Waals surface area contributed by atoms with Gasteiger partial charge in [-0.15, -0.1) is 0 Å². The number of ether oxygens (including phenoxy) is 2. The molecular formula is C20H26N4O3. The molecule has 0 aliphatic carbocycles. The van der Waals surface area contributed by atoms with Gasteiger partial charge in [-0.1, -0.05) is 24.3 Å². The molecule has 0 saturated carbocycles. The molecular weight excluding hydrogens is 344 g/mol. The van der Waals surface area contributed by atoms with E-state index in [0.29, 0.717) is 19.2 Å². The van der Waals surface area contributed by atoms with Crippen LogP contribution in [-0.2, 0) is 9.53 Å². The Kier molecular flexibility index (Phi) is 8.65. The van der Waals surface area contributed by atoms with Crippen LogP contribution >= 0.6 is 0 Å². The number of carbonyl (C=O) groups is 1. The molecule has 144 valence electrons. The van der Waals surface area contributed by atoms with Crippen LogP contribution in [0.25, 0.3) is 0 Å². The van der Waals surface area contributed by atoms with Gasteiger partial charge >= 0.3 is 0 Å². The number of nitrogens with one attached hydrogen (secondary N) is 3. The van der Waals surface area contributed by atoms with Crippen LogP contribution in [-0.4, -0.2) is 45.8 Å². The number of hydrogen-bond acceptors (Lipinski definition) is 4. The SMILES string of the molecule is CN=C(NCC(=O)Nc1ccccc1)Nc1cccc(OCCCOC)c1. The third-order valence-electron chi connectivity index (χ3n) is 3.56. The molecule has 2 aromatic carbocycles. The molecule has 2 aromatic rings. The first kappa shape index (κ1) is 20.3. The Morgan fingerprint density at radius 1 is 1.00 bits per heavy atom. The lowest BCUT2D eigenvalue weighted by Gasteiger charge is -2.13. The summed E-state index contributed by atoms with van der Waals surface area (Å²) in [7, 11) is 3.32. The predicted octanol–water partition coefficient (Wildman–Crippen LogP) is 2.73. The normalized spacial score (nSPS) is 11.0. The number of methoxy groups -OCH3 is 1. The summed E-state index contributed by atoms with van der Waals surface area (Å²) in [5.41, 5.74) is 1.57. The zero-order valence-corrected chi connectivity index (χ0v) is 15.7. The fourth-order valence-corrected chi connectivity index (χ4v) is 2.26. The van der Waals surface area contributed by atoms with Gasteiger partial charge in [0, 0.05) is 44.6 Å². The van der Waals surface area contributed by atoms with Gasteiger partial charge in [-0.2, -0.15) is 0 Å². The Morgan fingerprint density at radius 3 is 2.52 bits per heavy atom. The number of guanidine groups is 1. The molecule has 0 aromatic heterocycles. The summed E-state index contributed by atoms with van der Waals surface area (Å²) in [4.78, 5) is 16.2. The van der Waals surface area contributed by atoms with Gasteiger partial charge in [0.1, 0.15) is 5.75 Å². The van der Waals surface area contributed by atoms with Crippen molar-refractivity contribution in [1.29, 1.82) is 0 Å². The maximum absolute atomic E-state index is 12.0. The fraction of sp³-hybridized carbons (Fsp3) is 0.300. The maximum atomic E-state index is 12.0. The van der Waals surface area contributed by atoms with Crippen LogP contribution in [0.4, 0.5) is 11.4 Å². The molecule has 1 amide bonds. The predicted molar refractivity (Wildman–Crippen MR) is 108 cm³/mol. The van der Waals surface area contributed by atoms with E-state index in [4.69, 9.17) is 9.47 Å². The molecule has 0 heterocycles. The topological polar surface area (TPSA) is 84.0 Å². The van der Waals surface area contributed by atoms with Crippen molar-refractivity contribution in [2.75, 3.05) is 44.5 Å². The van der Waals surface area contributed by atoms with Crippen LogP contribution in [0.15, 0.2) is 59.6 Å². The third-order valence-corrected chi connectivity index (χ3v) is 3.56. The number of nitrogens with zero attached hydrogens (tertiary/aromatic N) is 1. The minimum absolute atomic E-state index is 0.0990. The molecule has 0 aliphatic heterocycles. The molecule has 0 spiro atoms. The molecule has 0 saturated heterocycles. The van der Waals surface area contributed by atoms with E-state index in [9.17, 15) is 4.79 Å². The van der Waals surface area contributed by atoms with Crippen LogP contribution in [0.5, 0.6) is 5.75 Å². The van der Waals surface area contributed by atoms with Crippen LogP contribution in [0.2, 0.25) is 0 Å². The first-order valence-corrected chi connectivity index (χ1v) is 8.75. The second-order valence-corrected chi connectivity index (χ2v) is 5.69. The number of carbonyl (C=O) groups excluding carboxylic acids is 1. The first-order valence-electron chi connectivity index (χ1n) is 8.75. The Morgan fingerprint density at radius 2 is 1.78 bits per heavy atom. The monoisotopic (exact) mass is 370 g/mol. The van der Waals surface area contributed by atoms with Gasteiger partial charge in [0.2, 0.25) is 5.91 Å². The highest BCUT2D eigenvalue weighted by Crippen LogP contribution is 2.17. The first-order chi connectivity index (χ1) is 13.2. The van der Waals surface area contributed by atoms with E-state index in [0.717, 1.165) is 23.5 Å². The van der Waals surface area contributed by atoms with Gasteiger partial charge in [0.25, 0.3) is 0 Å². The Labute approximate surface area is 159 Å². The maximum Gasteiger partial charge on any atom is 0.243 e. The van der Waals surface area contributed by atoms with E-state index in [2.05, 4.69) is 20.9 Å². The molecule has 0 unspecified atom stereocenters. The van der Waals surface area contributed by atoms with Crippen molar-refractivity contribution >= 4 is 23.2 Å². The van der Waals surface area contributed by atoms with Crippen molar-refractivity contribution < 1.29 is 14.3 Å². The molecule has 2 rings (SSSR count). The van der Waals surface area contributed by atoms with Crippen LogP contribution in [0, 0.1) is 0 Å².